The van der Waals surface area contributed by atoms with Crippen LogP contribution in [0.15, 0.2) is 0 Å². The molecule has 0 bridgehead atoms. The van der Waals surface area contributed by atoms with Crippen molar-refractivity contribution in [3.8, 4) is 0 Å². The van der Waals surface area contributed by atoms with E-state index in [1.54, 1.807) is 0 Å². The molecule has 0 aliphatic heterocycles. The molecule has 0 spiro atoms. The minimum Gasteiger partial charge on any atom is -0.790 e. The first-order valence-electron chi connectivity index (χ1n) is 4.03. The van der Waals surface area contributed by atoms with E-state index in [0.717, 1.165) is 0 Å². The van der Waals surface area contributed by atoms with Gasteiger partial charge in [0, 0.05) is 0 Å². The Kier molecular flexibility index (Phi) is 17.8. The Morgan fingerprint density at radius 3 is 2.00 bits per heavy atom. The van der Waals surface area contributed by atoms with E-state index in [1.165, 1.54) is 0 Å². The summed E-state index contributed by atoms with van der Waals surface area (Å²) in [7, 11) is -5.31. The molecular formula is C6H11K2O9P. The standard InChI is InChI=1S/C6H13O9P.2K/c7-1-3(8)5(10)6(11)4(9)2-15-16(12,13)14;;/h4-7,9-11H,1-2H2,(H2,12,13,14);;/q;2*+1/p-2/t4-,5-,6-;;/m1../s1. The van der Waals surface area contributed by atoms with Crippen LogP contribution in [0.25, 0.3) is 0 Å². The Bertz CT molecular complexity index is 282. The summed E-state index contributed by atoms with van der Waals surface area (Å²) in [5.41, 5.74) is 0. The SMILES string of the molecule is O=C(CO)[C@@H](O)[C@H](O)[C@H](O)COP(=O)([O-])[O-].[K+].[K+]. The Balaban J connectivity index is -0.00000112. The van der Waals surface area contributed by atoms with Crippen LogP contribution < -0.4 is 113 Å². The number of rotatable bonds is 7. The molecule has 96 valence electrons. The molecule has 0 saturated carbocycles. The summed E-state index contributed by atoms with van der Waals surface area (Å²) >= 11 is 0. The number of phosphoric ester groups is 1. The van der Waals surface area contributed by atoms with Gasteiger partial charge in [-0.15, -0.1) is 0 Å². The maximum atomic E-state index is 10.7. The molecular weight excluding hydrogens is 325 g/mol. The maximum Gasteiger partial charge on any atom is 1.00 e. The fraction of sp³-hybridized carbons (Fsp3) is 0.833. The van der Waals surface area contributed by atoms with Crippen LogP contribution in [0.3, 0.4) is 0 Å². The normalized spacial score (nSPS) is 15.9. The maximum absolute atomic E-state index is 10.7. The van der Waals surface area contributed by atoms with Crippen LogP contribution in [0, 0.1) is 0 Å². The van der Waals surface area contributed by atoms with Gasteiger partial charge in [0.05, 0.1) is 14.4 Å². The van der Waals surface area contributed by atoms with Crippen molar-refractivity contribution in [2.24, 2.45) is 0 Å². The second kappa shape index (κ2) is 12.4. The van der Waals surface area contributed by atoms with E-state index in [4.69, 9.17) is 20.4 Å². The first-order valence-corrected chi connectivity index (χ1v) is 5.49. The molecule has 0 amide bonds. The fourth-order valence-corrected chi connectivity index (χ4v) is 1.10. The fourth-order valence-electron chi connectivity index (χ4n) is 0.761. The van der Waals surface area contributed by atoms with E-state index in [1.807, 2.05) is 0 Å². The zero-order chi connectivity index (χ0) is 12.9. The predicted molar refractivity (Wildman–Crippen MR) is 43.7 cm³/mol. The van der Waals surface area contributed by atoms with Gasteiger partial charge in [-0.1, -0.05) is 0 Å². The van der Waals surface area contributed by atoms with Crippen LogP contribution >= 0.6 is 7.82 Å². The van der Waals surface area contributed by atoms with Crippen molar-refractivity contribution in [2.75, 3.05) is 13.2 Å². The number of hydrogen-bond acceptors (Lipinski definition) is 9. The minimum atomic E-state index is -5.31. The second-order valence-electron chi connectivity index (χ2n) is 2.87. The minimum absolute atomic E-state index is 0. The molecule has 0 fully saturated rings. The summed E-state index contributed by atoms with van der Waals surface area (Å²) < 4.78 is 13.6. The zero-order valence-electron chi connectivity index (χ0n) is 9.92. The molecule has 0 aromatic carbocycles. The zero-order valence-corrected chi connectivity index (χ0v) is 17.1. The van der Waals surface area contributed by atoms with Crippen LogP contribution in [0.1, 0.15) is 0 Å². The number of aliphatic hydroxyl groups is 4. The molecule has 0 aromatic rings. The largest absolute Gasteiger partial charge is 1.00 e. The number of aliphatic hydroxyl groups excluding tert-OH is 4. The van der Waals surface area contributed by atoms with Crippen LogP contribution in [0.2, 0.25) is 0 Å². The molecule has 0 aliphatic carbocycles. The molecule has 0 radical (unpaired) electrons. The van der Waals surface area contributed by atoms with Crippen molar-refractivity contribution in [3.05, 3.63) is 0 Å². The number of carbonyl (C=O) groups excluding carboxylic acids is 1. The van der Waals surface area contributed by atoms with Gasteiger partial charge in [0.1, 0.15) is 24.9 Å². The average Bonchev–Trinajstić information content (AvgIpc) is 2.21. The van der Waals surface area contributed by atoms with E-state index < -0.39 is 45.1 Å². The second-order valence-corrected chi connectivity index (χ2v) is 4.02. The van der Waals surface area contributed by atoms with Crippen LogP contribution in [-0.4, -0.2) is 57.7 Å². The summed E-state index contributed by atoms with van der Waals surface area (Å²) in [6.07, 6.45) is -6.12. The molecule has 0 aromatic heterocycles. The number of carbonyl (C=O) groups is 1. The van der Waals surface area contributed by atoms with Gasteiger partial charge >= 0.3 is 103 Å². The number of ketones is 1. The van der Waals surface area contributed by atoms with E-state index >= 15 is 0 Å². The van der Waals surface area contributed by atoms with Gasteiger partial charge in [-0.2, -0.15) is 0 Å². The van der Waals surface area contributed by atoms with Gasteiger partial charge in [0.15, 0.2) is 5.78 Å². The third-order valence-corrected chi connectivity index (χ3v) is 2.07. The molecule has 0 aliphatic rings. The van der Waals surface area contributed by atoms with Crippen molar-refractivity contribution in [1.82, 2.24) is 0 Å². The molecule has 9 nitrogen and oxygen atoms in total. The Hall–Kier alpha value is 2.89. The first kappa shape index (κ1) is 25.8. The van der Waals surface area contributed by atoms with Gasteiger partial charge in [-0.3, -0.25) is 4.79 Å². The summed E-state index contributed by atoms with van der Waals surface area (Å²) in [6.45, 7) is -2.16. The van der Waals surface area contributed by atoms with Crippen LogP contribution in [0.4, 0.5) is 0 Å². The Morgan fingerprint density at radius 1 is 1.22 bits per heavy atom. The molecule has 12 heteroatoms. The molecule has 0 saturated heterocycles. The van der Waals surface area contributed by atoms with Gasteiger partial charge in [-0.25, -0.2) is 0 Å². The topological polar surface area (TPSA) is 170 Å². The Morgan fingerprint density at radius 2 is 1.67 bits per heavy atom. The van der Waals surface area contributed by atoms with Crippen molar-refractivity contribution >= 4 is 13.6 Å². The number of Topliss-reactive ketones (excluding diaryl/α,β-unsaturated/α-hetero) is 1. The predicted octanol–water partition coefficient (Wildman–Crippen LogP) is -10.5. The van der Waals surface area contributed by atoms with Crippen LogP contribution in [-0.2, 0) is 13.9 Å². The van der Waals surface area contributed by atoms with E-state index in [2.05, 4.69) is 4.52 Å². The van der Waals surface area contributed by atoms with Crippen molar-refractivity contribution in [1.29, 1.82) is 0 Å². The summed E-state index contributed by atoms with van der Waals surface area (Å²) in [4.78, 5) is 30.7. The van der Waals surface area contributed by atoms with E-state index in [0.29, 0.717) is 0 Å². The summed E-state index contributed by atoms with van der Waals surface area (Å²) in [5, 5.41) is 35.4. The van der Waals surface area contributed by atoms with Crippen molar-refractivity contribution < 1.29 is 147 Å². The van der Waals surface area contributed by atoms with E-state index in [-0.39, 0.29) is 103 Å². The van der Waals surface area contributed by atoms with E-state index in [9.17, 15) is 19.1 Å². The molecule has 18 heavy (non-hydrogen) atoms. The van der Waals surface area contributed by atoms with Crippen molar-refractivity contribution in [3.63, 3.8) is 0 Å². The third-order valence-electron chi connectivity index (χ3n) is 1.61. The molecule has 0 heterocycles. The third kappa shape index (κ3) is 11.5. The Labute approximate surface area is 188 Å². The summed E-state index contributed by atoms with van der Waals surface area (Å²) in [5.74, 6) is -1.17. The monoisotopic (exact) mass is 336 g/mol. The molecule has 4 N–H and O–H groups in total. The molecule has 0 rings (SSSR count). The quantitative estimate of drug-likeness (QED) is 0.260. The van der Waals surface area contributed by atoms with Gasteiger partial charge in [0.25, 0.3) is 0 Å². The van der Waals surface area contributed by atoms with Gasteiger partial charge in [-0.05, 0) is 0 Å². The average molecular weight is 336 g/mol. The molecule has 3 atom stereocenters. The number of hydrogen-bond donors (Lipinski definition) is 4. The van der Waals surface area contributed by atoms with Crippen LogP contribution in [0.5, 0.6) is 0 Å². The van der Waals surface area contributed by atoms with Crippen molar-refractivity contribution in [2.45, 2.75) is 18.3 Å². The smallest absolute Gasteiger partial charge is 0.790 e. The summed E-state index contributed by atoms with van der Waals surface area (Å²) in [6, 6.07) is 0. The number of phosphoric acid groups is 1. The first-order chi connectivity index (χ1) is 7.19. The van der Waals surface area contributed by atoms with Gasteiger partial charge < -0.3 is 39.3 Å². The molecule has 0 unspecified atom stereocenters. The van der Waals surface area contributed by atoms with Gasteiger partial charge in [0.2, 0.25) is 0 Å².